The van der Waals surface area contributed by atoms with E-state index in [2.05, 4.69) is 27.7 Å². The van der Waals surface area contributed by atoms with E-state index in [4.69, 9.17) is 18.9 Å². The monoisotopic (exact) mass is 757 g/mol. The Balaban J connectivity index is 2.88. The van der Waals surface area contributed by atoms with E-state index in [1.54, 1.807) is 0 Å². The summed E-state index contributed by atoms with van der Waals surface area (Å²) in [4.78, 5) is 12.5. The number of unbranched alkanes of at least 4 members (excludes halogenated alkanes) is 28. The molecule has 0 aromatic heterocycles. The summed E-state index contributed by atoms with van der Waals surface area (Å²) < 4.78 is 25.0. The second-order valence-corrected chi connectivity index (χ2v) is 15.8. The van der Waals surface area contributed by atoms with E-state index in [1.807, 2.05) is 18.2 Å². The molecule has 5 heteroatoms. The quantitative estimate of drug-likeness (QED) is 0.0378. The topological polar surface area (TPSA) is 54.0 Å². The molecule has 54 heavy (non-hydrogen) atoms. The molecule has 0 amide bonds. The Morgan fingerprint density at radius 2 is 0.759 bits per heavy atom. The number of carbonyl (C=O) groups excluding carboxylic acids is 1. The maximum Gasteiger partial charge on any atom is 0.330 e. The Hall–Kier alpha value is -2.17. The first-order valence-electron chi connectivity index (χ1n) is 23.6. The van der Waals surface area contributed by atoms with Crippen molar-refractivity contribution >= 4 is 12.0 Å². The molecule has 0 bridgehead atoms. The van der Waals surface area contributed by atoms with Crippen LogP contribution in [0.5, 0.6) is 17.2 Å². The van der Waals surface area contributed by atoms with Crippen molar-refractivity contribution in [3.63, 3.8) is 0 Å². The molecule has 314 valence electrons. The lowest BCUT2D eigenvalue weighted by atomic mass is 10.1. The van der Waals surface area contributed by atoms with E-state index < -0.39 is 0 Å². The van der Waals surface area contributed by atoms with Crippen molar-refractivity contribution in [2.24, 2.45) is 0 Å². The van der Waals surface area contributed by atoms with Crippen LogP contribution < -0.4 is 14.2 Å². The molecule has 1 aromatic rings. The van der Waals surface area contributed by atoms with E-state index in [0.29, 0.717) is 37.9 Å². The average Bonchev–Trinajstić information content (AvgIpc) is 3.18. The Morgan fingerprint density at radius 1 is 0.407 bits per heavy atom. The lowest BCUT2D eigenvalue weighted by Gasteiger charge is -2.19. The molecule has 1 rings (SSSR count). The van der Waals surface area contributed by atoms with Gasteiger partial charge in [-0.2, -0.15) is 0 Å². The summed E-state index contributed by atoms with van der Waals surface area (Å²) in [5, 5.41) is 0. The molecule has 0 spiro atoms. The molecule has 0 radical (unpaired) electrons. The van der Waals surface area contributed by atoms with Gasteiger partial charge in [0.15, 0.2) is 11.5 Å². The van der Waals surface area contributed by atoms with Crippen molar-refractivity contribution in [3.8, 4) is 17.2 Å². The first-order chi connectivity index (χ1) is 26.7. The van der Waals surface area contributed by atoms with Crippen LogP contribution in [0, 0.1) is 0 Å². The fourth-order valence-corrected chi connectivity index (χ4v) is 6.91. The number of esters is 1. The molecule has 0 aliphatic heterocycles. The highest BCUT2D eigenvalue weighted by Gasteiger charge is 2.18. The summed E-state index contributed by atoms with van der Waals surface area (Å²) in [5.74, 6) is 1.81. The third-order valence-corrected chi connectivity index (χ3v) is 10.5. The van der Waals surface area contributed by atoms with Gasteiger partial charge in [-0.3, -0.25) is 0 Å². The molecule has 0 aliphatic rings. The molecule has 0 saturated heterocycles. The predicted molar refractivity (Wildman–Crippen MR) is 233 cm³/mol. The van der Waals surface area contributed by atoms with Gasteiger partial charge in [0.1, 0.15) is 0 Å². The second kappa shape index (κ2) is 39.1. The molecule has 0 N–H and O–H groups in total. The van der Waals surface area contributed by atoms with Crippen LogP contribution >= 0.6 is 0 Å². The molecule has 0 fully saturated rings. The van der Waals surface area contributed by atoms with Crippen molar-refractivity contribution in [1.82, 2.24) is 0 Å². The standard InChI is InChI=1S/C49H88O5/c1-5-9-13-16-19-22-25-28-31-34-42-51-46-39-37-45(38-40-47(50)52-41-12-8-4)48(53-43-35-32-29-26-23-20-17-14-10-6-2)49(46)54-44-36-33-30-27-24-21-18-15-11-7-3/h37-40H,5-36,41-44H2,1-4H3. The van der Waals surface area contributed by atoms with Crippen LogP contribution in [0.3, 0.4) is 0 Å². The van der Waals surface area contributed by atoms with Crippen LogP contribution in [-0.4, -0.2) is 32.4 Å². The van der Waals surface area contributed by atoms with E-state index in [-0.39, 0.29) is 5.97 Å². The van der Waals surface area contributed by atoms with Crippen LogP contribution in [0.15, 0.2) is 18.2 Å². The molecule has 0 heterocycles. The number of benzene rings is 1. The maximum absolute atomic E-state index is 12.5. The number of hydrogen-bond donors (Lipinski definition) is 0. The first-order valence-corrected chi connectivity index (χ1v) is 23.6. The highest BCUT2D eigenvalue weighted by atomic mass is 16.5. The lowest BCUT2D eigenvalue weighted by Crippen LogP contribution is -2.07. The summed E-state index contributed by atoms with van der Waals surface area (Å²) in [5.41, 5.74) is 0.832. The molecule has 0 saturated carbocycles. The van der Waals surface area contributed by atoms with E-state index in [0.717, 1.165) is 49.8 Å². The zero-order valence-electron chi connectivity index (χ0n) is 36.3. The third kappa shape index (κ3) is 29.2. The van der Waals surface area contributed by atoms with Gasteiger partial charge >= 0.3 is 5.97 Å². The van der Waals surface area contributed by atoms with Gasteiger partial charge in [0.05, 0.1) is 26.4 Å². The smallest absolute Gasteiger partial charge is 0.330 e. The summed E-state index contributed by atoms with van der Waals surface area (Å²) >= 11 is 0. The van der Waals surface area contributed by atoms with Gasteiger partial charge in [0.2, 0.25) is 5.75 Å². The summed E-state index contributed by atoms with van der Waals surface area (Å²) in [7, 11) is 0. The van der Waals surface area contributed by atoms with Gasteiger partial charge in [-0.15, -0.1) is 0 Å². The van der Waals surface area contributed by atoms with Crippen LogP contribution in [-0.2, 0) is 9.53 Å². The van der Waals surface area contributed by atoms with Crippen molar-refractivity contribution in [1.29, 1.82) is 0 Å². The number of ether oxygens (including phenoxy) is 4. The molecular weight excluding hydrogens is 669 g/mol. The molecule has 0 aliphatic carbocycles. The Kier molecular flexibility index (Phi) is 36.1. The van der Waals surface area contributed by atoms with E-state index in [1.165, 1.54) is 173 Å². The van der Waals surface area contributed by atoms with Crippen molar-refractivity contribution in [3.05, 3.63) is 23.8 Å². The second-order valence-electron chi connectivity index (χ2n) is 15.8. The van der Waals surface area contributed by atoms with Crippen molar-refractivity contribution < 1.29 is 23.7 Å². The number of carbonyl (C=O) groups is 1. The van der Waals surface area contributed by atoms with E-state index in [9.17, 15) is 4.79 Å². The Morgan fingerprint density at radius 3 is 1.17 bits per heavy atom. The molecular formula is C49H88O5. The van der Waals surface area contributed by atoms with Gasteiger partial charge < -0.3 is 18.9 Å². The SMILES string of the molecule is CCCCCCCCCCCCOc1ccc(C=CC(=O)OCCCC)c(OCCCCCCCCCCCC)c1OCCCCCCCCCCCC. The van der Waals surface area contributed by atoms with Gasteiger partial charge in [-0.25, -0.2) is 4.79 Å². The van der Waals surface area contributed by atoms with Crippen molar-refractivity contribution in [2.75, 3.05) is 26.4 Å². The minimum atomic E-state index is -0.321. The minimum absolute atomic E-state index is 0.321. The normalized spacial score (nSPS) is 11.4. The summed E-state index contributed by atoms with van der Waals surface area (Å²) in [6.45, 7) is 11.3. The summed E-state index contributed by atoms with van der Waals surface area (Å²) in [6.07, 6.45) is 43.9. The zero-order valence-corrected chi connectivity index (χ0v) is 36.3. The summed E-state index contributed by atoms with van der Waals surface area (Å²) in [6, 6.07) is 4.00. The van der Waals surface area contributed by atoms with Crippen LogP contribution in [0.25, 0.3) is 6.08 Å². The van der Waals surface area contributed by atoms with Crippen molar-refractivity contribution in [2.45, 2.75) is 233 Å². The lowest BCUT2D eigenvalue weighted by molar-refractivity contribution is -0.137. The molecule has 1 aromatic carbocycles. The minimum Gasteiger partial charge on any atom is -0.490 e. The van der Waals surface area contributed by atoms with Gasteiger partial charge in [0, 0.05) is 11.6 Å². The molecule has 5 nitrogen and oxygen atoms in total. The zero-order chi connectivity index (χ0) is 39.0. The van der Waals surface area contributed by atoms with Crippen LogP contribution in [0.4, 0.5) is 0 Å². The maximum atomic E-state index is 12.5. The van der Waals surface area contributed by atoms with Gasteiger partial charge in [0.25, 0.3) is 0 Å². The van der Waals surface area contributed by atoms with E-state index >= 15 is 0 Å². The number of rotatable bonds is 41. The molecule has 0 atom stereocenters. The highest BCUT2D eigenvalue weighted by molar-refractivity contribution is 5.88. The Labute approximate surface area is 335 Å². The highest BCUT2D eigenvalue weighted by Crippen LogP contribution is 2.41. The third-order valence-electron chi connectivity index (χ3n) is 10.5. The first kappa shape index (κ1) is 49.8. The predicted octanol–water partition coefficient (Wildman–Crippen LogP) is 15.9. The van der Waals surface area contributed by atoms with Gasteiger partial charge in [-0.05, 0) is 43.9 Å². The van der Waals surface area contributed by atoms with Crippen LogP contribution in [0.1, 0.15) is 239 Å². The number of hydrogen-bond acceptors (Lipinski definition) is 5. The largest absolute Gasteiger partial charge is 0.490 e. The molecule has 0 unspecified atom stereocenters. The fraction of sp³-hybridized carbons (Fsp3) is 0.816. The fourth-order valence-electron chi connectivity index (χ4n) is 6.91. The average molecular weight is 757 g/mol. The van der Waals surface area contributed by atoms with Crippen LogP contribution in [0.2, 0.25) is 0 Å². The van der Waals surface area contributed by atoms with Gasteiger partial charge in [-0.1, -0.05) is 207 Å². The Bertz CT molecular complexity index is 989.